The number of benzene rings is 1. The molecule has 1 rings (SSSR count). The van der Waals surface area contributed by atoms with Gasteiger partial charge in [-0.15, -0.1) is 11.6 Å². The zero-order valence-electron chi connectivity index (χ0n) is 14.4. The molecule has 0 radical (unpaired) electrons. The maximum absolute atomic E-state index is 11.8. The standard InChI is InChI=1S/C18H28ClNO2/c1-14-8-6-9-15(18(2,3)4)17(14)22-13-12-20(5)16(21)10-7-11-19/h6,8-9H,7,10-13H2,1-5H3. The molecule has 4 heteroatoms. The Morgan fingerprint density at radius 2 is 2.00 bits per heavy atom. The third-order valence-electron chi connectivity index (χ3n) is 3.64. The third-order valence-corrected chi connectivity index (χ3v) is 3.91. The molecule has 1 aromatic rings. The number of para-hydroxylation sites is 1. The van der Waals surface area contributed by atoms with E-state index in [0.717, 1.165) is 17.7 Å². The molecule has 0 N–H and O–H groups in total. The number of aryl methyl sites for hydroxylation is 1. The van der Waals surface area contributed by atoms with E-state index in [1.165, 1.54) is 5.56 Å². The molecule has 0 aliphatic rings. The number of amides is 1. The fourth-order valence-corrected chi connectivity index (χ4v) is 2.39. The summed E-state index contributed by atoms with van der Waals surface area (Å²) in [6, 6.07) is 6.22. The number of likely N-dealkylation sites (N-methyl/N-ethyl adjacent to an activating group) is 1. The second-order valence-electron chi connectivity index (χ2n) is 6.66. The molecule has 0 aliphatic heterocycles. The van der Waals surface area contributed by atoms with Gasteiger partial charge in [0.25, 0.3) is 0 Å². The predicted octanol–water partition coefficient (Wildman–Crippen LogP) is 4.15. The van der Waals surface area contributed by atoms with Gasteiger partial charge in [-0.2, -0.15) is 0 Å². The number of carbonyl (C=O) groups is 1. The monoisotopic (exact) mass is 325 g/mol. The van der Waals surface area contributed by atoms with Crippen LogP contribution in [0, 0.1) is 6.92 Å². The van der Waals surface area contributed by atoms with Crippen LogP contribution in [0.2, 0.25) is 0 Å². The van der Waals surface area contributed by atoms with Crippen LogP contribution in [0.5, 0.6) is 5.75 Å². The van der Waals surface area contributed by atoms with E-state index in [4.69, 9.17) is 16.3 Å². The van der Waals surface area contributed by atoms with Crippen LogP contribution in [-0.2, 0) is 10.2 Å². The molecule has 0 saturated heterocycles. The van der Waals surface area contributed by atoms with E-state index in [1.807, 2.05) is 7.05 Å². The van der Waals surface area contributed by atoms with Crippen molar-refractivity contribution in [2.45, 2.75) is 46.0 Å². The summed E-state index contributed by atoms with van der Waals surface area (Å²) in [5.41, 5.74) is 2.36. The van der Waals surface area contributed by atoms with Crippen LogP contribution < -0.4 is 4.74 Å². The van der Waals surface area contributed by atoms with Crippen molar-refractivity contribution in [2.75, 3.05) is 26.1 Å². The van der Waals surface area contributed by atoms with Crippen LogP contribution >= 0.6 is 11.6 Å². The van der Waals surface area contributed by atoms with Gasteiger partial charge in [-0.05, 0) is 29.9 Å². The molecular weight excluding hydrogens is 298 g/mol. The van der Waals surface area contributed by atoms with Crippen LogP contribution in [0.4, 0.5) is 0 Å². The number of ether oxygens (including phenoxy) is 1. The number of carbonyl (C=O) groups excluding carboxylic acids is 1. The van der Waals surface area contributed by atoms with E-state index < -0.39 is 0 Å². The molecule has 0 atom stereocenters. The molecule has 0 saturated carbocycles. The Labute approximate surface area is 139 Å². The van der Waals surface area contributed by atoms with Crippen molar-refractivity contribution in [3.63, 3.8) is 0 Å². The molecule has 3 nitrogen and oxygen atoms in total. The van der Waals surface area contributed by atoms with Gasteiger partial charge < -0.3 is 9.64 Å². The topological polar surface area (TPSA) is 29.5 Å². The van der Waals surface area contributed by atoms with Crippen molar-refractivity contribution in [2.24, 2.45) is 0 Å². The van der Waals surface area contributed by atoms with Crippen LogP contribution in [0.3, 0.4) is 0 Å². The second-order valence-corrected chi connectivity index (χ2v) is 7.04. The molecule has 0 fully saturated rings. The summed E-state index contributed by atoms with van der Waals surface area (Å²) in [6.07, 6.45) is 1.22. The smallest absolute Gasteiger partial charge is 0.222 e. The van der Waals surface area contributed by atoms with Crippen molar-refractivity contribution in [3.05, 3.63) is 29.3 Å². The van der Waals surface area contributed by atoms with E-state index in [9.17, 15) is 4.79 Å². The van der Waals surface area contributed by atoms with Crippen molar-refractivity contribution in [1.29, 1.82) is 0 Å². The lowest BCUT2D eigenvalue weighted by Gasteiger charge is -2.25. The minimum absolute atomic E-state index is 0.0312. The number of nitrogens with zero attached hydrogens (tertiary/aromatic N) is 1. The fourth-order valence-electron chi connectivity index (χ4n) is 2.25. The first-order chi connectivity index (χ1) is 10.3. The average Bonchev–Trinajstić information content (AvgIpc) is 2.44. The van der Waals surface area contributed by atoms with E-state index in [2.05, 4.69) is 45.9 Å². The van der Waals surface area contributed by atoms with E-state index in [0.29, 0.717) is 25.5 Å². The van der Waals surface area contributed by atoms with E-state index >= 15 is 0 Å². The first-order valence-electron chi connectivity index (χ1n) is 7.80. The highest BCUT2D eigenvalue weighted by atomic mass is 35.5. The molecular formula is C18H28ClNO2. The lowest BCUT2D eigenvalue weighted by atomic mass is 9.85. The lowest BCUT2D eigenvalue weighted by molar-refractivity contribution is -0.130. The summed E-state index contributed by atoms with van der Waals surface area (Å²) in [5.74, 6) is 1.58. The molecule has 22 heavy (non-hydrogen) atoms. The quantitative estimate of drug-likeness (QED) is 0.705. The van der Waals surface area contributed by atoms with E-state index in [-0.39, 0.29) is 11.3 Å². The van der Waals surface area contributed by atoms with Gasteiger partial charge in [0.2, 0.25) is 5.91 Å². The summed E-state index contributed by atoms with van der Waals surface area (Å²) >= 11 is 5.62. The lowest BCUT2D eigenvalue weighted by Crippen LogP contribution is -2.31. The highest BCUT2D eigenvalue weighted by Gasteiger charge is 2.20. The van der Waals surface area contributed by atoms with Gasteiger partial charge in [0, 0.05) is 19.3 Å². The molecule has 0 aliphatic carbocycles. The first kappa shape index (κ1) is 18.8. The molecule has 1 amide bonds. The van der Waals surface area contributed by atoms with Gasteiger partial charge in [-0.3, -0.25) is 4.79 Å². The Morgan fingerprint density at radius 3 is 2.59 bits per heavy atom. The highest BCUT2D eigenvalue weighted by molar-refractivity contribution is 6.17. The van der Waals surface area contributed by atoms with Gasteiger partial charge in [-0.1, -0.05) is 39.0 Å². The van der Waals surface area contributed by atoms with Crippen LogP contribution in [0.1, 0.15) is 44.7 Å². The molecule has 0 bridgehead atoms. The van der Waals surface area contributed by atoms with E-state index in [1.54, 1.807) is 4.90 Å². The Bertz CT molecular complexity index is 494. The first-order valence-corrected chi connectivity index (χ1v) is 8.33. The fraction of sp³-hybridized carbons (Fsp3) is 0.611. The maximum atomic E-state index is 11.8. The van der Waals surface area contributed by atoms with Gasteiger partial charge >= 0.3 is 0 Å². The molecule has 0 heterocycles. The minimum Gasteiger partial charge on any atom is -0.491 e. The second kappa shape index (κ2) is 8.42. The van der Waals surface area contributed by atoms with Crippen molar-refractivity contribution < 1.29 is 9.53 Å². The molecule has 1 aromatic carbocycles. The third kappa shape index (κ3) is 5.53. The normalized spacial score (nSPS) is 11.4. The minimum atomic E-state index is 0.0312. The Balaban J connectivity index is 2.64. The van der Waals surface area contributed by atoms with Crippen LogP contribution in [0.25, 0.3) is 0 Å². The Hall–Kier alpha value is -1.22. The maximum Gasteiger partial charge on any atom is 0.222 e. The number of alkyl halides is 1. The van der Waals surface area contributed by atoms with Gasteiger partial charge in [-0.25, -0.2) is 0 Å². The Kier molecular flexibility index (Phi) is 7.21. The van der Waals surface area contributed by atoms with Gasteiger partial charge in [0.15, 0.2) is 0 Å². The molecule has 0 aromatic heterocycles. The zero-order chi connectivity index (χ0) is 16.8. The largest absolute Gasteiger partial charge is 0.491 e. The van der Waals surface area contributed by atoms with Gasteiger partial charge in [0.1, 0.15) is 12.4 Å². The van der Waals surface area contributed by atoms with Crippen LogP contribution in [0.15, 0.2) is 18.2 Å². The highest BCUT2D eigenvalue weighted by Crippen LogP contribution is 2.33. The molecule has 124 valence electrons. The van der Waals surface area contributed by atoms with Gasteiger partial charge in [0.05, 0.1) is 6.54 Å². The number of hydrogen-bond acceptors (Lipinski definition) is 2. The molecule has 0 spiro atoms. The Morgan fingerprint density at radius 1 is 1.32 bits per heavy atom. The van der Waals surface area contributed by atoms with Crippen molar-refractivity contribution in [3.8, 4) is 5.75 Å². The summed E-state index contributed by atoms with van der Waals surface area (Å²) in [6.45, 7) is 9.67. The summed E-state index contributed by atoms with van der Waals surface area (Å²) < 4.78 is 6.00. The number of hydrogen-bond donors (Lipinski definition) is 0. The molecule has 0 unspecified atom stereocenters. The predicted molar refractivity (Wildman–Crippen MR) is 93.0 cm³/mol. The van der Waals surface area contributed by atoms with Crippen LogP contribution in [-0.4, -0.2) is 36.9 Å². The SMILES string of the molecule is Cc1cccc(C(C)(C)C)c1OCCN(C)C(=O)CCCCl. The van der Waals surface area contributed by atoms with Crippen molar-refractivity contribution in [1.82, 2.24) is 4.90 Å². The summed E-state index contributed by atoms with van der Waals surface area (Å²) in [7, 11) is 1.81. The summed E-state index contributed by atoms with van der Waals surface area (Å²) in [4.78, 5) is 13.6. The van der Waals surface area contributed by atoms with Crippen molar-refractivity contribution >= 4 is 17.5 Å². The number of halogens is 1. The zero-order valence-corrected chi connectivity index (χ0v) is 15.2. The number of rotatable bonds is 7. The summed E-state index contributed by atoms with van der Waals surface area (Å²) in [5, 5.41) is 0. The average molecular weight is 326 g/mol.